The first-order valence-electron chi connectivity index (χ1n) is 4.90. The monoisotopic (exact) mass is 230 g/mol. The van der Waals surface area contributed by atoms with E-state index in [1.165, 1.54) is 6.26 Å². The topological polar surface area (TPSA) is 73.1 Å². The van der Waals surface area contributed by atoms with Crippen LogP contribution >= 0.6 is 0 Å². The second kappa shape index (κ2) is 3.04. The van der Waals surface area contributed by atoms with Crippen molar-refractivity contribution in [1.82, 2.24) is 10.1 Å². The van der Waals surface area contributed by atoms with E-state index in [1.54, 1.807) is 0 Å². The third kappa shape index (κ3) is 1.56. The Morgan fingerprint density at radius 2 is 2.00 bits per heavy atom. The van der Waals surface area contributed by atoms with Gasteiger partial charge in [0.05, 0.1) is 0 Å². The van der Waals surface area contributed by atoms with Crippen LogP contribution < -0.4 is 0 Å². The van der Waals surface area contributed by atoms with Crippen molar-refractivity contribution in [3.63, 3.8) is 0 Å². The van der Waals surface area contributed by atoms with Crippen LogP contribution in [0.3, 0.4) is 0 Å². The van der Waals surface area contributed by atoms with Crippen LogP contribution in [0, 0.1) is 0 Å². The number of nitrogens with zero attached hydrogens (tertiary/aromatic N) is 2. The predicted molar refractivity (Wildman–Crippen MR) is 54.1 cm³/mol. The summed E-state index contributed by atoms with van der Waals surface area (Å²) in [5.41, 5.74) is 0. The summed E-state index contributed by atoms with van der Waals surface area (Å²) in [4.78, 5) is 4.15. The van der Waals surface area contributed by atoms with E-state index >= 15 is 0 Å². The van der Waals surface area contributed by atoms with Crippen molar-refractivity contribution >= 4 is 9.84 Å². The van der Waals surface area contributed by atoms with Gasteiger partial charge in [-0.25, -0.2) is 8.42 Å². The molecule has 1 aliphatic rings. The summed E-state index contributed by atoms with van der Waals surface area (Å²) in [7, 11) is -3.15. The van der Waals surface area contributed by atoms with Gasteiger partial charge in [-0.2, -0.15) is 4.98 Å². The molecule has 0 spiro atoms. The Hall–Kier alpha value is -0.910. The minimum Gasteiger partial charge on any atom is -0.338 e. The summed E-state index contributed by atoms with van der Waals surface area (Å²) in [6, 6.07) is 0. The summed E-state index contributed by atoms with van der Waals surface area (Å²) < 4.78 is 27.3. The maximum absolute atomic E-state index is 11.6. The molecule has 0 saturated heterocycles. The van der Waals surface area contributed by atoms with Crippen LogP contribution in [-0.4, -0.2) is 24.8 Å². The zero-order valence-electron chi connectivity index (χ0n) is 9.02. The molecule has 0 atom stereocenters. The Labute approximate surface area is 88.8 Å². The highest BCUT2D eigenvalue weighted by Crippen LogP contribution is 2.51. The molecule has 1 aromatic rings. The van der Waals surface area contributed by atoms with Gasteiger partial charge in [0.15, 0.2) is 20.4 Å². The summed E-state index contributed by atoms with van der Waals surface area (Å²) in [6.45, 7) is 3.88. The number of hydrogen-bond acceptors (Lipinski definition) is 5. The van der Waals surface area contributed by atoms with Crippen molar-refractivity contribution in [3.05, 3.63) is 11.7 Å². The normalized spacial score (nSPS) is 19.5. The smallest absolute Gasteiger partial charge is 0.248 e. The first-order valence-corrected chi connectivity index (χ1v) is 6.80. The van der Waals surface area contributed by atoms with Gasteiger partial charge in [-0.15, -0.1) is 0 Å². The molecule has 5 nitrogen and oxygen atoms in total. The molecule has 6 heteroatoms. The molecular weight excluding hydrogens is 216 g/mol. The SMILES string of the molecule is CC(C)c1noc(C2(S(C)(=O)=O)CC2)n1. The Morgan fingerprint density at radius 3 is 2.33 bits per heavy atom. The second-order valence-corrected chi connectivity index (χ2v) is 6.70. The highest BCUT2D eigenvalue weighted by molar-refractivity contribution is 7.91. The zero-order chi connectivity index (χ0) is 11.3. The number of rotatable bonds is 3. The lowest BCUT2D eigenvalue weighted by Crippen LogP contribution is -2.19. The molecule has 1 saturated carbocycles. The van der Waals surface area contributed by atoms with E-state index in [9.17, 15) is 8.42 Å². The zero-order valence-corrected chi connectivity index (χ0v) is 9.84. The Morgan fingerprint density at radius 1 is 1.40 bits per heavy atom. The molecule has 0 unspecified atom stereocenters. The summed E-state index contributed by atoms with van der Waals surface area (Å²) in [6.07, 6.45) is 2.40. The molecule has 1 heterocycles. The van der Waals surface area contributed by atoms with Crippen molar-refractivity contribution < 1.29 is 12.9 Å². The van der Waals surface area contributed by atoms with Gasteiger partial charge < -0.3 is 4.52 Å². The van der Waals surface area contributed by atoms with E-state index in [1.807, 2.05) is 13.8 Å². The van der Waals surface area contributed by atoms with Gasteiger partial charge >= 0.3 is 0 Å². The van der Waals surface area contributed by atoms with Crippen molar-refractivity contribution in [2.75, 3.05) is 6.26 Å². The van der Waals surface area contributed by atoms with E-state index in [2.05, 4.69) is 10.1 Å². The van der Waals surface area contributed by atoms with Crippen molar-refractivity contribution in [3.8, 4) is 0 Å². The molecular formula is C9H14N2O3S. The fourth-order valence-electron chi connectivity index (χ4n) is 1.51. The minimum atomic E-state index is -3.15. The molecule has 84 valence electrons. The van der Waals surface area contributed by atoms with E-state index in [4.69, 9.17) is 4.52 Å². The molecule has 0 N–H and O–H groups in total. The van der Waals surface area contributed by atoms with E-state index in [0.29, 0.717) is 18.7 Å². The lowest BCUT2D eigenvalue weighted by molar-refractivity contribution is 0.362. The average molecular weight is 230 g/mol. The molecule has 0 radical (unpaired) electrons. The van der Waals surface area contributed by atoms with Gasteiger partial charge in [-0.05, 0) is 12.8 Å². The Balaban J connectivity index is 2.39. The third-order valence-electron chi connectivity index (χ3n) is 2.76. The van der Waals surface area contributed by atoms with Crippen LogP contribution in [0.15, 0.2) is 4.52 Å². The molecule has 1 aromatic heterocycles. The third-order valence-corrected chi connectivity index (χ3v) is 4.76. The van der Waals surface area contributed by atoms with Crippen LogP contribution in [-0.2, 0) is 14.6 Å². The van der Waals surface area contributed by atoms with Gasteiger partial charge in [0, 0.05) is 12.2 Å². The van der Waals surface area contributed by atoms with E-state index in [0.717, 1.165) is 0 Å². The van der Waals surface area contributed by atoms with Crippen LogP contribution in [0.1, 0.15) is 44.3 Å². The van der Waals surface area contributed by atoms with E-state index in [-0.39, 0.29) is 11.8 Å². The van der Waals surface area contributed by atoms with Gasteiger partial charge in [0.2, 0.25) is 5.89 Å². The summed E-state index contributed by atoms with van der Waals surface area (Å²) >= 11 is 0. The van der Waals surface area contributed by atoms with Gasteiger partial charge in [0.1, 0.15) is 0 Å². The summed E-state index contributed by atoms with van der Waals surface area (Å²) in [5, 5.41) is 3.78. The fraction of sp³-hybridized carbons (Fsp3) is 0.778. The first kappa shape index (κ1) is 10.6. The van der Waals surface area contributed by atoms with Crippen LogP contribution in [0.25, 0.3) is 0 Å². The van der Waals surface area contributed by atoms with Crippen LogP contribution in [0.4, 0.5) is 0 Å². The molecule has 0 amide bonds. The molecule has 0 aliphatic heterocycles. The van der Waals surface area contributed by atoms with Crippen LogP contribution in [0.2, 0.25) is 0 Å². The van der Waals surface area contributed by atoms with Crippen molar-refractivity contribution in [2.24, 2.45) is 0 Å². The number of sulfone groups is 1. The lowest BCUT2D eigenvalue weighted by atomic mass is 10.2. The van der Waals surface area contributed by atoms with Crippen molar-refractivity contribution in [2.45, 2.75) is 37.4 Å². The maximum atomic E-state index is 11.6. The number of hydrogen-bond donors (Lipinski definition) is 0. The molecule has 2 rings (SSSR count). The molecule has 1 fully saturated rings. The van der Waals surface area contributed by atoms with Gasteiger partial charge in [0.25, 0.3) is 0 Å². The lowest BCUT2D eigenvalue weighted by Gasteiger charge is -2.05. The largest absolute Gasteiger partial charge is 0.338 e. The van der Waals surface area contributed by atoms with E-state index < -0.39 is 14.6 Å². The Kier molecular flexibility index (Phi) is 2.15. The summed E-state index contributed by atoms with van der Waals surface area (Å²) in [5.74, 6) is 0.978. The predicted octanol–water partition coefficient (Wildman–Crippen LogP) is 1.23. The standard InChI is InChI=1S/C9H14N2O3S/c1-6(2)7-10-8(14-11-7)9(4-5-9)15(3,12)13/h6H,4-5H2,1-3H3. The maximum Gasteiger partial charge on any atom is 0.248 e. The highest BCUT2D eigenvalue weighted by Gasteiger charge is 2.58. The number of aromatic nitrogens is 2. The van der Waals surface area contributed by atoms with Crippen molar-refractivity contribution in [1.29, 1.82) is 0 Å². The van der Waals surface area contributed by atoms with Crippen LogP contribution in [0.5, 0.6) is 0 Å². The molecule has 0 bridgehead atoms. The molecule has 0 aromatic carbocycles. The quantitative estimate of drug-likeness (QED) is 0.780. The Bertz CT molecular complexity index is 471. The molecule has 1 aliphatic carbocycles. The van der Waals surface area contributed by atoms with Gasteiger partial charge in [-0.1, -0.05) is 19.0 Å². The average Bonchev–Trinajstić information content (AvgIpc) is 2.77. The first-order chi connectivity index (χ1) is 6.87. The van der Waals surface area contributed by atoms with Gasteiger partial charge in [-0.3, -0.25) is 0 Å². The second-order valence-electron chi connectivity index (χ2n) is 4.38. The fourth-order valence-corrected chi connectivity index (χ4v) is 2.75. The molecule has 15 heavy (non-hydrogen) atoms. The highest BCUT2D eigenvalue weighted by atomic mass is 32.2. The minimum absolute atomic E-state index is 0.151.